The Morgan fingerprint density at radius 2 is 1.86 bits per heavy atom. The zero-order valence-corrected chi connectivity index (χ0v) is 25.2. The van der Waals surface area contributed by atoms with Crippen molar-refractivity contribution in [2.75, 3.05) is 13.7 Å². The lowest BCUT2D eigenvalue weighted by molar-refractivity contribution is -0.571. The molecule has 8 atom stereocenters. The van der Waals surface area contributed by atoms with E-state index in [1.165, 1.54) is 0 Å². The zero-order valence-electron chi connectivity index (χ0n) is 25.2. The van der Waals surface area contributed by atoms with Gasteiger partial charge in [-0.1, -0.05) is 56.3 Å². The average Bonchev–Trinajstić information content (AvgIpc) is 3.24. The van der Waals surface area contributed by atoms with Crippen molar-refractivity contribution >= 4 is 17.8 Å². The van der Waals surface area contributed by atoms with Crippen LogP contribution in [0.4, 0.5) is 0 Å². The van der Waals surface area contributed by atoms with E-state index in [0.717, 1.165) is 42.6 Å². The van der Waals surface area contributed by atoms with E-state index < -0.39 is 23.9 Å². The van der Waals surface area contributed by atoms with Gasteiger partial charge in [0.1, 0.15) is 18.6 Å². The van der Waals surface area contributed by atoms with Crippen LogP contribution in [0.3, 0.4) is 0 Å². The molecule has 1 aliphatic carbocycles. The maximum absolute atomic E-state index is 12.9. The Bertz CT molecular complexity index is 1360. The molecule has 1 saturated carbocycles. The molecule has 230 valence electrons. The maximum Gasteiger partial charge on any atom is 0.248 e. The van der Waals surface area contributed by atoms with Crippen LogP contribution in [0.5, 0.6) is 5.75 Å². The summed E-state index contributed by atoms with van der Waals surface area (Å²) in [4.78, 5) is 37.6. The van der Waals surface area contributed by atoms with E-state index >= 15 is 0 Å². The van der Waals surface area contributed by atoms with Gasteiger partial charge >= 0.3 is 0 Å². The fourth-order valence-corrected chi connectivity index (χ4v) is 7.31. The molecule has 0 aromatic heterocycles. The van der Waals surface area contributed by atoms with E-state index in [0.29, 0.717) is 11.5 Å². The number of carbonyl (C=O) groups excluding carboxylic acids is 2. The van der Waals surface area contributed by atoms with E-state index in [-0.39, 0.29) is 42.7 Å². The Balaban J connectivity index is 1.01. The Morgan fingerprint density at radius 3 is 2.65 bits per heavy atom. The molecule has 2 aromatic carbocycles. The van der Waals surface area contributed by atoms with Crippen LogP contribution in [0.25, 0.3) is 6.08 Å². The van der Waals surface area contributed by atoms with Crippen molar-refractivity contribution in [3.63, 3.8) is 0 Å². The minimum Gasteiger partial charge on any atom is -0.497 e. The normalized spacial score (nSPS) is 34.8. The lowest BCUT2D eigenvalue weighted by Crippen LogP contribution is -2.72. The molecular formula is C34H41NO8. The predicted molar refractivity (Wildman–Crippen MR) is 157 cm³/mol. The molecule has 5 aliphatic rings. The molecule has 5 fully saturated rings. The highest BCUT2D eigenvalue weighted by molar-refractivity contribution is 6.06. The fraction of sp³-hybridized carbons (Fsp3) is 0.529. The largest absolute Gasteiger partial charge is 0.497 e. The number of amides is 1. The highest BCUT2D eigenvalue weighted by Gasteiger charge is 2.69. The van der Waals surface area contributed by atoms with Crippen LogP contribution in [0, 0.1) is 23.7 Å². The van der Waals surface area contributed by atoms with Gasteiger partial charge in [-0.05, 0) is 67.4 Å². The Kier molecular flexibility index (Phi) is 8.45. The van der Waals surface area contributed by atoms with E-state index in [1.54, 1.807) is 31.4 Å². The first-order chi connectivity index (χ1) is 20.7. The van der Waals surface area contributed by atoms with Gasteiger partial charge in [0.15, 0.2) is 17.7 Å². The topological polar surface area (TPSA) is 102 Å². The molecule has 0 unspecified atom stereocenters. The number of rotatable bonds is 9. The van der Waals surface area contributed by atoms with Crippen molar-refractivity contribution in [2.45, 2.75) is 77.0 Å². The molecule has 7 rings (SSSR count). The maximum atomic E-state index is 12.9. The number of benzene rings is 2. The second-order valence-electron chi connectivity index (χ2n) is 12.6. The molecule has 1 N–H and O–H groups in total. The molecule has 2 bridgehead atoms. The second kappa shape index (κ2) is 12.1. The molecule has 4 aliphatic heterocycles. The quantitative estimate of drug-likeness (QED) is 0.234. The van der Waals surface area contributed by atoms with E-state index in [2.05, 4.69) is 19.2 Å². The van der Waals surface area contributed by atoms with Gasteiger partial charge in [-0.15, -0.1) is 0 Å². The Morgan fingerprint density at radius 1 is 1.05 bits per heavy atom. The summed E-state index contributed by atoms with van der Waals surface area (Å²) in [5.41, 5.74) is 1.65. The van der Waals surface area contributed by atoms with E-state index in [9.17, 15) is 9.59 Å². The summed E-state index contributed by atoms with van der Waals surface area (Å²) >= 11 is 0. The number of carbonyl (C=O) groups is 2. The number of ketones is 1. The van der Waals surface area contributed by atoms with Gasteiger partial charge in [-0.25, -0.2) is 9.78 Å². The predicted octanol–water partition coefficient (Wildman–Crippen LogP) is 5.43. The van der Waals surface area contributed by atoms with Crippen molar-refractivity contribution in [1.29, 1.82) is 0 Å². The molecular weight excluding hydrogens is 550 g/mol. The molecule has 43 heavy (non-hydrogen) atoms. The number of allylic oxidation sites excluding steroid dienone is 1. The van der Waals surface area contributed by atoms with Crippen molar-refractivity contribution in [3.05, 3.63) is 71.3 Å². The number of hydrogen-bond donors (Lipinski definition) is 1. The fourth-order valence-electron chi connectivity index (χ4n) is 7.31. The third-order valence-corrected chi connectivity index (χ3v) is 9.72. The number of methoxy groups -OCH3 is 1. The number of ether oxygens (including phenoxy) is 4. The number of hydrogen-bond acceptors (Lipinski definition) is 8. The van der Waals surface area contributed by atoms with Crippen LogP contribution >= 0.6 is 0 Å². The summed E-state index contributed by atoms with van der Waals surface area (Å²) in [5, 5.41) is 3.03. The van der Waals surface area contributed by atoms with Gasteiger partial charge in [0.05, 0.1) is 13.7 Å². The molecule has 4 heterocycles. The highest BCUT2D eigenvalue weighted by Crippen LogP contribution is 2.60. The second-order valence-corrected chi connectivity index (χ2v) is 12.6. The van der Waals surface area contributed by atoms with Gasteiger partial charge in [0, 0.05) is 23.8 Å². The van der Waals surface area contributed by atoms with Crippen LogP contribution in [-0.4, -0.2) is 49.3 Å². The van der Waals surface area contributed by atoms with Gasteiger partial charge in [-0.2, -0.15) is 0 Å². The van der Waals surface area contributed by atoms with Crippen molar-refractivity contribution < 1.29 is 38.3 Å². The Hall–Kier alpha value is -3.08. The Labute approximate surface area is 252 Å². The average molecular weight is 592 g/mol. The standard InChI is InChI=1S/C34H41NO8/c1-21-8-14-28-22(2)31(40-32-34(28)27(21)16-17-33(3,41-32)42-43-34)35-30(37)20-39-19-24-9-12-25(13-10-24)29(36)15-11-23-6-5-7-26(18-23)38-4/h5-7,9-13,15,18,21-22,27-28,31-32H,8,14,16-17,19-20H2,1-4H3,(H,35,37)/b15-11+/t21-,22-,27+,28+,31-,32-,33-,34-/m1/s1. The molecule has 2 aromatic rings. The highest BCUT2D eigenvalue weighted by atomic mass is 17.3. The first kappa shape index (κ1) is 30.0. The van der Waals surface area contributed by atoms with Crippen molar-refractivity contribution in [3.8, 4) is 5.75 Å². The SMILES string of the molecule is COc1cccc(/C=C/C(=O)c2ccc(COCC(=O)N[C@@H]3O[C@@H]4O[C@@]5(C)CC[C@H]6[C@H](C)CC[C@@H]([C@H]3C)[C@@]46OO5)cc2)c1. The minimum absolute atomic E-state index is 0.00732. The van der Waals surface area contributed by atoms with E-state index in [1.807, 2.05) is 43.3 Å². The minimum atomic E-state index is -0.859. The van der Waals surface area contributed by atoms with Crippen LogP contribution in [0.1, 0.15) is 67.9 Å². The zero-order chi connectivity index (χ0) is 30.2. The van der Waals surface area contributed by atoms with Gasteiger partial charge < -0.3 is 24.3 Å². The summed E-state index contributed by atoms with van der Waals surface area (Å²) < 4.78 is 23.7. The van der Waals surface area contributed by atoms with Crippen LogP contribution < -0.4 is 10.1 Å². The van der Waals surface area contributed by atoms with Gasteiger partial charge in [0.25, 0.3) is 0 Å². The van der Waals surface area contributed by atoms with E-state index in [4.69, 9.17) is 28.7 Å². The summed E-state index contributed by atoms with van der Waals surface area (Å²) in [5.74, 6) is 0.401. The number of fused-ring (bicyclic) bond motifs is 2. The lowest BCUT2D eigenvalue weighted by Gasteiger charge is -2.60. The lowest BCUT2D eigenvalue weighted by atomic mass is 9.58. The van der Waals surface area contributed by atoms with Crippen LogP contribution in [-0.2, 0) is 35.4 Å². The molecule has 1 amide bonds. The molecule has 4 saturated heterocycles. The monoisotopic (exact) mass is 591 g/mol. The summed E-state index contributed by atoms with van der Waals surface area (Å²) in [6.45, 7) is 6.39. The molecule has 9 nitrogen and oxygen atoms in total. The molecule has 9 heteroatoms. The molecule has 1 spiro atoms. The molecule has 0 radical (unpaired) electrons. The first-order valence-electron chi connectivity index (χ1n) is 15.2. The first-order valence-corrected chi connectivity index (χ1v) is 15.2. The third kappa shape index (κ3) is 5.89. The van der Waals surface area contributed by atoms with Gasteiger partial charge in [0.2, 0.25) is 11.7 Å². The summed E-state index contributed by atoms with van der Waals surface area (Å²) in [7, 11) is 1.61. The van der Waals surface area contributed by atoms with Crippen LogP contribution in [0.2, 0.25) is 0 Å². The van der Waals surface area contributed by atoms with Gasteiger partial charge in [-0.3, -0.25) is 9.59 Å². The summed E-state index contributed by atoms with van der Waals surface area (Å²) in [6.07, 6.45) is 5.93. The van der Waals surface area contributed by atoms with Crippen molar-refractivity contribution in [1.82, 2.24) is 5.32 Å². The summed E-state index contributed by atoms with van der Waals surface area (Å²) in [6, 6.07) is 14.7. The third-order valence-electron chi connectivity index (χ3n) is 9.72. The smallest absolute Gasteiger partial charge is 0.248 e. The van der Waals surface area contributed by atoms with Crippen molar-refractivity contribution in [2.24, 2.45) is 23.7 Å². The van der Waals surface area contributed by atoms with Crippen LogP contribution in [0.15, 0.2) is 54.6 Å². The number of nitrogens with one attached hydrogen (secondary N) is 1.